The van der Waals surface area contributed by atoms with Crippen LogP contribution >= 0.6 is 0 Å². The number of rotatable bonds is 4. The molecular weight excluding hydrogens is 226 g/mol. The molecule has 0 radical (unpaired) electrons. The molecule has 94 valence electrons. The molecule has 1 aromatic heterocycles. The zero-order valence-corrected chi connectivity index (χ0v) is 10.6. The van der Waals surface area contributed by atoms with Crippen LogP contribution in [0.5, 0.6) is 0 Å². The summed E-state index contributed by atoms with van der Waals surface area (Å²) in [7, 11) is 0. The van der Waals surface area contributed by atoms with E-state index in [9.17, 15) is 4.79 Å². The standard InChI is InChI=1S/C15H17NO2/c1-11-6-3-4-8-14(11)15(17)16-12(2)10-13-7-5-9-18-13/h3-9,12H,10H2,1-2H3,(H,16,17). The van der Waals surface area contributed by atoms with Gasteiger partial charge in [-0.3, -0.25) is 4.79 Å². The molecule has 1 heterocycles. The van der Waals surface area contributed by atoms with Crippen molar-refractivity contribution in [3.63, 3.8) is 0 Å². The molecule has 0 aliphatic heterocycles. The summed E-state index contributed by atoms with van der Waals surface area (Å²) in [5.41, 5.74) is 1.71. The van der Waals surface area contributed by atoms with Gasteiger partial charge in [0.05, 0.1) is 6.26 Å². The third kappa shape index (κ3) is 3.00. The number of carbonyl (C=O) groups excluding carboxylic acids is 1. The molecule has 0 saturated heterocycles. The van der Waals surface area contributed by atoms with Crippen LogP contribution in [0.3, 0.4) is 0 Å². The Balaban J connectivity index is 1.97. The van der Waals surface area contributed by atoms with Crippen molar-refractivity contribution >= 4 is 5.91 Å². The lowest BCUT2D eigenvalue weighted by Gasteiger charge is -2.13. The van der Waals surface area contributed by atoms with Crippen molar-refractivity contribution in [3.05, 3.63) is 59.5 Å². The Bertz CT molecular complexity index is 517. The highest BCUT2D eigenvalue weighted by atomic mass is 16.3. The number of aryl methyl sites for hydroxylation is 1. The molecule has 3 nitrogen and oxygen atoms in total. The van der Waals surface area contributed by atoms with E-state index in [4.69, 9.17) is 4.42 Å². The van der Waals surface area contributed by atoms with Gasteiger partial charge in [-0.05, 0) is 37.6 Å². The van der Waals surface area contributed by atoms with E-state index in [-0.39, 0.29) is 11.9 Å². The topological polar surface area (TPSA) is 42.2 Å². The second-order valence-electron chi connectivity index (χ2n) is 4.47. The number of hydrogen-bond acceptors (Lipinski definition) is 2. The van der Waals surface area contributed by atoms with Gasteiger partial charge in [-0.1, -0.05) is 18.2 Å². The number of carbonyl (C=O) groups is 1. The lowest BCUT2D eigenvalue weighted by molar-refractivity contribution is 0.0938. The van der Waals surface area contributed by atoms with Crippen molar-refractivity contribution in [1.82, 2.24) is 5.32 Å². The van der Waals surface area contributed by atoms with Crippen LogP contribution in [0.4, 0.5) is 0 Å². The Morgan fingerprint density at radius 3 is 2.72 bits per heavy atom. The summed E-state index contributed by atoms with van der Waals surface area (Å²) < 4.78 is 5.26. The first-order valence-electron chi connectivity index (χ1n) is 6.05. The maximum atomic E-state index is 12.1. The maximum Gasteiger partial charge on any atom is 0.251 e. The minimum atomic E-state index is -0.0350. The summed E-state index contributed by atoms with van der Waals surface area (Å²) in [5, 5.41) is 2.98. The van der Waals surface area contributed by atoms with Crippen LogP contribution in [0, 0.1) is 6.92 Å². The van der Waals surface area contributed by atoms with E-state index < -0.39 is 0 Å². The van der Waals surface area contributed by atoms with Gasteiger partial charge in [-0.15, -0.1) is 0 Å². The Hall–Kier alpha value is -2.03. The van der Waals surface area contributed by atoms with Crippen LogP contribution in [0.15, 0.2) is 47.1 Å². The summed E-state index contributed by atoms with van der Waals surface area (Å²) in [6.45, 7) is 3.91. The highest BCUT2D eigenvalue weighted by molar-refractivity contribution is 5.95. The summed E-state index contributed by atoms with van der Waals surface area (Å²) >= 11 is 0. The maximum absolute atomic E-state index is 12.1. The number of amides is 1. The fourth-order valence-corrected chi connectivity index (χ4v) is 1.91. The highest BCUT2D eigenvalue weighted by Crippen LogP contribution is 2.08. The Labute approximate surface area is 107 Å². The quantitative estimate of drug-likeness (QED) is 0.897. The third-order valence-corrected chi connectivity index (χ3v) is 2.85. The normalized spacial score (nSPS) is 12.1. The summed E-state index contributed by atoms with van der Waals surface area (Å²) in [5.74, 6) is 0.847. The lowest BCUT2D eigenvalue weighted by atomic mass is 10.1. The van der Waals surface area contributed by atoms with Crippen LogP contribution in [-0.2, 0) is 6.42 Å². The molecule has 0 saturated carbocycles. The van der Waals surface area contributed by atoms with Crippen LogP contribution < -0.4 is 5.32 Å². The first-order valence-corrected chi connectivity index (χ1v) is 6.05. The fraction of sp³-hybridized carbons (Fsp3) is 0.267. The first-order chi connectivity index (χ1) is 8.66. The first kappa shape index (κ1) is 12.4. The SMILES string of the molecule is Cc1ccccc1C(=O)NC(C)Cc1ccco1. The van der Waals surface area contributed by atoms with Crippen molar-refractivity contribution in [2.45, 2.75) is 26.3 Å². The molecule has 0 aliphatic carbocycles. The molecule has 3 heteroatoms. The molecule has 1 N–H and O–H groups in total. The van der Waals surface area contributed by atoms with Crippen molar-refractivity contribution < 1.29 is 9.21 Å². The Morgan fingerprint density at radius 2 is 2.06 bits per heavy atom. The summed E-state index contributed by atoms with van der Waals surface area (Å²) in [6.07, 6.45) is 2.34. The number of furan rings is 1. The van der Waals surface area contributed by atoms with E-state index in [2.05, 4.69) is 5.32 Å². The van der Waals surface area contributed by atoms with Crippen molar-refractivity contribution in [2.75, 3.05) is 0 Å². The summed E-state index contributed by atoms with van der Waals surface area (Å²) in [6, 6.07) is 11.4. The summed E-state index contributed by atoms with van der Waals surface area (Å²) in [4.78, 5) is 12.1. The average Bonchev–Trinajstić information content (AvgIpc) is 2.82. The molecule has 0 fully saturated rings. The molecule has 1 unspecified atom stereocenters. The molecular formula is C15H17NO2. The predicted octanol–water partition coefficient (Wildman–Crippen LogP) is 2.95. The van der Waals surface area contributed by atoms with E-state index >= 15 is 0 Å². The van der Waals surface area contributed by atoms with Gasteiger partial charge in [0.25, 0.3) is 5.91 Å². The predicted molar refractivity (Wildman–Crippen MR) is 70.5 cm³/mol. The molecule has 1 amide bonds. The van der Waals surface area contributed by atoms with Crippen LogP contribution in [0.1, 0.15) is 28.6 Å². The van der Waals surface area contributed by atoms with Crippen LogP contribution in [0.2, 0.25) is 0 Å². The van der Waals surface area contributed by atoms with Gasteiger partial charge >= 0.3 is 0 Å². The van der Waals surface area contributed by atoms with E-state index in [1.807, 2.05) is 50.2 Å². The Morgan fingerprint density at radius 1 is 1.28 bits per heavy atom. The molecule has 2 rings (SSSR count). The largest absolute Gasteiger partial charge is 0.469 e. The van der Waals surface area contributed by atoms with Gasteiger partial charge < -0.3 is 9.73 Å². The van der Waals surface area contributed by atoms with Crippen LogP contribution in [0.25, 0.3) is 0 Å². The smallest absolute Gasteiger partial charge is 0.251 e. The molecule has 18 heavy (non-hydrogen) atoms. The molecule has 2 aromatic rings. The van der Waals surface area contributed by atoms with Gasteiger partial charge in [0.1, 0.15) is 5.76 Å². The number of nitrogens with one attached hydrogen (secondary N) is 1. The lowest BCUT2D eigenvalue weighted by Crippen LogP contribution is -2.34. The number of hydrogen-bond donors (Lipinski definition) is 1. The third-order valence-electron chi connectivity index (χ3n) is 2.85. The van der Waals surface area contributed by atoms with Crippen molar-refractivity contribution in [2.24, 2.45) is 0 Å². The van der Waals surface area contributed by atoms with Gasteiger partial charge in [0, 0.05) is 18.0 Å². The zero-order chi connectivity index (χ0) is 13.0. The highest BCUT2D eigenvalue weighted by Gasteiger charge is 2.12. The molecule has 0 bridgehead atoms. The second kappa shape index (κ2) is 5.54. The minimum absolute atomic E-state index is 0.0350. The molecule has 1 atom stereocenters. The van der Waals surface area contributed by atoms with E-state index in [1.54, 1.807) is 6.26 Å². The molecule has 0 aliphatic rings. The van der Waals surface area contributed by atoms with E-state index in [1.165, 1.54) is 0 Å². The number of benzene rings is 1. The van der Waals surface area contributed by atoms with Gasteiger partial charge in [-0.2, -0.15) is 0 Å². The molecule has 1 aromatic carbocycles. The second-order valence-corrected chi connectivity index (χ2v) is 4.47. The monoisotopic (exact) mass is 243 g/mol. The van der Waals surface area contributed by atoms with Gasteiger partial charge in [-0.25, -0.2) is 0 Å². The van der Waals surface area contributed by atoms with E-state index in [0.29, 0.717) is 6.42 Å². The van der Waals surface area contributed by atoms with Gasteiger partial charge in [0.15, 0.2) is 0 Å². The van der Waals surface area contributed by atoms with Crippen LogP contribution in [-0.4, -0.2) is 11.9 Å². The van der Waals surface area contributed by atoms with Gasteiger partial charge in [0.2, 0.25) is 0 Å². The fourth-order valence-electron chi connectivity index (χ4n) is 1.91. The zero-order valence-electron chi connectivity index (χ0n) is 10.6. The molecule has 0 spiro atoms. The van der Waals surface area contributed by atoms with Crippen molar-refractivity contribution in [1.29, 1.82) is 0 Å². The Kier molecular flexibility index (Phi) is 3.82. The minimum Gasteiger partial charge on any atom is -0.469 e. The van der Waals surface area contributed by atoms with E-state index in [0.717, 1.165) is 16.9 Å². The average molecular weight is 243 g/mol. The van der Waals surface area contributed by atoms with Crippen molar-refractivity contribution in [3.8, 4) is 0 Å².